The number of nitrogens with zero attached hydrogens (tertiary/aromatic N) is 3. The molecular weight excluding hydrogens is 344 g/mol. The van der Waals surface area contributed by atoms with Crippen molar-refractivity contribution in [3.63, 3.8) is 0 Å². The Labute approximate surface area is 135 Å². The Morgan fingerprint density at radius 1 is 1.27 bits per heavy atom. The summed E-state index contributed by atoms with van der Waals surface area (Å²) in [5.41, 5.74) is 2.47. The van der Waals surface area contributed by atoms with E-state index in [9.17, 15) is 4.79 Å². The molecule has 2 atom stereocenters. The molecule has 0 bridgehead atoms. The number of fused-ring (bicyclic) bond motifs is 1. The molecule has 0 saturated heterocycles. The fourth-order valence-electron chi connectivity index (χ4n) is 2.69. The number of carbonyl (C=O) groups is 1. The monoisotopic (exact) mass is 356 g/mol. The molecule has 22 heavy (non-hydrogen) atoms. The standard InChI is InChI=1S/C16H13BrN4O/c17-11-3-1-10(2-4-11)12-7-13(12)20-16(22)14-8-19-15-9-18-5-6-21(14)15/h1-6,8-9,12-13H,7H2,(H,20,22). The molecule has 5 nitrogen and oxygen atoms in total. The van der Waals surface area contributed by atoms with E-state index in [4.69, 9.17) is 0 Å². The van der Waals surface area contributed by atoms with Crippen molar-refractivity contribution in [3.8, 4) is 0 Å². The molecule has 1 aromatic carbocycles. The smallest absolute Gasteiger partial charge is 0.270 e. The lowest BCUT2D eigenvalue weighted by molar-refractivity contribution is 0.0944. The van der Waals surface area contributed by atoms with Crippen LogP contribution in [0.25, 0.3) is 5.65 Å². The van der Waals surface area contributed by atoms with Crippen molar-refractivity contribution in [2.75, 3.05) is 0 Å². The second-order valence-electron chi connectivity index (χ2n) is 5.42. The van der Waals surface area contributed by atoms with E-state index < -0.39 is 0 Å². The molecular formula is C16H13BrN4O. The topological polar surface area (TPSA) is 59.3 Å². The zero-order chi connectivity index (χ0) is 15.1. The van der Waals surface area contributed by atoms with Crippen LogP contribution >= 0.6 is 15.9 Å². The van der Waals surface area contributed by atoms with Gasteiger partial charge in [-0.3, -0.25) is 14.2 Å². The number of halogens is 1. The number of hydrogen-bond acceptors (Lipinski definition) is 3. The van der Waals surface area contributed by atoms with Gasteiger partial charge in [-0.1, -0.05) is 28.1 Å². The van der Waals surface area contributed by atoms with Gasteiger partial charge in [-0.2, -0.15) is 0 Å². The second-order valence-corrected chi connectivity index (χ2v) is 6.34. The molecule has 0 radical (unpaired) electrons. The highest BCUT2D eigenvalue weighted by molar-refractivity contribution is 9.10. The third-order valence-electron chi connectivity index (χ3n) is 3.95. The highest BCUT2D eigenvalue weighted by Crippen LogP contribution is 2.41. The Bertz CT molecular complexity index is 843. The van der Waals surface area contributed by atoms with Gasteiger partial charge >= 0.3 is 0 Å². The van der Waals surface area contributed by atoms with E-state index in [2.05, 4.69) is 43.3 Å². The van der Waals surface area contributed by atoms with Crippen molar-refractivity contribution < 1.29 is 4.79 Å². The van der Waals surface area contributed by atoms with Gasteiger partial charge in [-0.25, -0.2) is 4.98 Å². The van der Waals surface area contributed by atoms with Crippen molar-refractivity contribution in [2.24, 2.45) is 0 Å². The lowest BCUT2D eigenvalue weighted by Crippen LogP contribution is -2.27. The van der Waals surface area contributed by atoms with Crippen molar-refractivity contribution >= 4 is 27.5 Å². The summed E-state index contributed by atoms with van der Waals surface area (Å²) in [7, 11) is 0. The van der Waals surface area contributed by atoms with E-state index in [1.165, 1.54) is 5.56 Å². The average molecular weight is 357 g/mol. The van der Waals surface area contributed by atoms with Crippen LogP contribution in [0.3, 0.4) is 0 Å². The molecule has 1 N–H and O–H groups in total. The van der Waals surface area contributed by atoms with Crippen LogP contribution in [0.2, 0.25) is 0 Å². The molecule has 2 unspecified atom stereocenters. The number of rotatable bonds is 3. The molecule has 1 aliphatic carbocycles. The van der Waals surface area contributed by atoms with Crippen LogP contribution in [-0.4, -0.2) is 26.3 Å². The first-order chi connectivity index (χ1) is 10.7. The summed E-state index contributed by atoms with van der Waals surface area (Å²) in [4.78, 5) is 20.6. The van der Waals surface area contributed by atoms with Gasteiger partial charge in [0.25, 0.3) is 5.91 Å². The SMILES string of the molecule is O=C(NC1CC1c1ccc(Br)cc1)c1cnc2cnccn12. The summed E-state index contributed by atoms with van der Waals surface area (Å²) >= 11 is 3.43. The Morgan fingerprint density at radius 3 is 2.91 bits per heavy atom. The fourth-order valence-corrected chi connectivity index (χ4v) is 2.95. The maximum atomic E-state index is 12.4. The Balaban J connectivity index is 1.48. The largest absolute Gasteiger partial charge is 0.347 e. The quantitative estimate of drug-likeness (QED) is 0.784. The average Bonchev–Trinajstić information content (AvgIpc) is 3.15. The predicted molar refractivity (Wildman–Crippen MR) is 85.7 cm³/mol. The highest BCUT2D eigenvalue weighted by atomic mass is 79.9. The van der Waals surface area contributed by atoms with Crippen LogP contribution in [0, 0.1) is 0 Å². The van der Waals surface area contributed by atoms with Crippen LogP contribution in [0.15, 0.2) is 53.5 Å². The summed E-state index contributed by atoms with van der Waals surface area (Å²) in [6.07, 6.45) is 7.59. The molecule has 0 aliphatic heterocycles. The zero-order valence-corrected chi connectivity index (χ0v) is 13.2. The van der Waals surface area contributed by atoms with Crippen molar-refractivity contribution in [1.29, 1.82) is 0 Å². The minimum absolute atomic E-state index is 0.0942. The van der Waals surface area contributed by atoms with Crippen LogP contribution < -0.4 is 5.32 Å². The van der Waals surface area contributed by atoms with E-state index in [1.807, 2.05) is 12.1 Å². The second kappa shape index (κ2) is 5.21. The van der Waals surface area contributed by atoms with Crippen molar-refractivity contribution in [3.05, 3.63) is 64.8 Å². The van der Waals surface area contributed by atoms with Crippen molar-refractivity contribution in [1.82, 2.24) is 19.7 Å². The first-order valence-electron chi connectivity index (χ1n) is 7.06. The van der Waals surface area contributed by atoms with Crippen LogP contribution in [0.5, 0.6) is 0 Å². The zero-order valence-electron chi connectivity index (χ0n) is 11.6. The van der Waals surface area contributed by atoms with E-state index in [0.29, 0.717) is 17.3 Å². The van der Waals surface area contributed by atoms with Gasteiger partial charge < -0.3 is 5.32 Å². The Kier molecular flexibility index (Phi) is 3.18. The molecule has 2 aromatic heterocycles. The number of aromatic nitrogens is 3. The first-order valence-corrected chi connectivity index (χ1v) is 7.85. The Hall–Kier alpha value is -2.21. The summed E-state index contributed by atoms with van der Waals surface area (Å²) < 4.78 is 2.82. The molecule has 0 spiro atoms. The molecule has 3 aromatic rings. The number of carbonyl (C=O) groups excluding carboxylic acids is 1. The van der Waals surface area contributed by atoms with Gasteiger partial charge in [-0.15, -0.1) is 0 Å². The molecule has 1 aliphatic rings. The summed E-state index contributed by atoms with van der Waals surface area (Å²) in [5, 5.41) is 3.08. The summed E-state index contributed by atoms with van der Waals surface area (Å²) in [5.74, 6) is 0.307. The Morgan fingerprint density at radius 2 is 2.09 bits per heavy atom. The molecule has 1 amide bonds. The summed E-state index contributed by atoms with van der Waals surface area (Å²) in [6, 6.07) is 8.45. The van der Waals surface area contributed by atoms with Gasteiger partial charge in [0.15, 0.2) is 5.65 Å². The number of benzene rings is 1. The minimum Gasteiger partial charge on any atom is -0.347 e. The van der Waals surface area contributed by atoms with Gasteiger partial charge in [-0.05, 0) is 24.1 Å². The minimum atomic E-state index is -0.0942. The van der Waals surface area contributed by atoms with Crippen LogP contribution in [-0.2, 0) is 0 Å². The number of nitrogens with one attached hydrogen (secondary N) is 1. The number of amides is 1. The molecule has 4 rings (SSSR count). The van der Waals surface area contributed by atoms with Gasteiger partial charge in [0.2, 0.25) is 0 Å². The fraction of sp³-hybridized carbons (Fsp3) is 0.188. The number of imidazole rings is 1. The van der Waals surface area contributed by atoms with E-state index in [1.54, 1.807) is 29.2 Å². The van der Waals surface area contributed by atoms with E-state index >= 15 is 0 Å². The summed E-state index contributed by atoms with van der Waals surface area (Å²) in [6.45, 7) is 0. The highest BCUT2D eigenvalue weighted by Gasteiger charge is 2.39. The lowest BCUT2D eigenvalue weighted by Gasteiger charge is -2.05. The third-order valence-corrected chi connectivity index (χ3v) is 4.48. The van der Waals surface area contributed by atoms with E-state index in [-0.39, 0.29) is 11.9 Å². The normalized spacial score (nSPS) is 20.0. The van der Waals surface area contributed by atoms with E-state index in [0.717, 1.165) is 10.9 Å². The van der Waals surface area contributed by atoms with Crippen molar-refractivity contribution in [2.45, 2.75) is 18.4 Å². The molecule has 110 valence electrons. The van der Waals surface area contributed by atoms with Crippen LogP contribution in [0.4, 0.5) is 0 Å². The van der Waals surface area contributed by atoms with Gasteiger partial charge in [0, 0.05) is 28.8 Å². The molecule has 1 fully saturated rings. The first kappa shape index (κ1) is 13.5. The molecule has 1 saturated carbocycles. The number of hydrogen-bond donors (Lipinski definition) is 1. The van der Waals surface area contributed by atoms with Gasteiger partial charge in [0.05, 0.1) is 12.4 Å². The lowest BCUT2D eigenvalue weighted by atomic mass is 10.1. The maximum absolute atomic E-state index is 12.4. The predicted octanol–water partition coefficient (Wildman–Crippen LogP) is 2.78. The van der Waals surface area contributed by atoms with Crippen LogP contribution in [0.1, 0.15) is 28.4 Å². The third kappa shape index (κ3) is 2.39. The van der Waals surface area contributed by atoms with Gasteiger partial charge in [0.1, 0.15) is 5.69 Å². The maximum Gasteiger partial charge on any atom is 0.270 e. The molecule has 6 heteroatoms. The molecule has 2 heterocycles.